The van der Waals surface area contributed by atoms with E-state index in [-0.39, 0.29) is 18.6 Å². The third-order valence-corrected chi connectivity index (χ3v) is 5.70. The standard InChI is InChI=1S/C25H29N5O7/c26-18(10-15-11-27-19-4-2-1-3-17(15)19)23(34)30-20(9-14-5-7-16(32)8-6-14)24(35)28-12-22(33)29-21(13-31)25(36)37/h1-8,11,18,20-21,27,31-32H,9-10,12-13,26H2,(H,28,35)(H,29,33)(H,30,34)(H,36,37). The number of nitrogens with one attached hydrogen (secondary N) is 4. The van der Waals surface area contributed by atoms with Gasteiger partial charge in [0.1, 0.15) is 17.8 Å². The summed E-state index contributed by atoms with van der Waals surface area (Å²) in [5.41, 5.74) is 8.51. The minimum Gasteiger partial charge on any atom is -0.508 e. The lowest BCUT2D eigenvalue weighted by Crippen LogP contribution is -2.54. The summed E-state index contributed by atoms with van der Waals surface area (Å²) in [6.07, 6.45) is 2.02. The van der Waals surface area contributed by atoms with Gasteiger partial charge in [0.2, 0.25) is 17.7 Å². The second kappa shape index (κ2) is 12.5. The second-order valence-corrected chi connectivity index (χ2v) is 8.46. The van der Waals surface area contributed by atoms with E-state index in [1.54, 1.807) is 18.3 Å². The maximum atomic E-state index is 12.9. The van der Waals surface area contributed by atoms with Crippen molar-refractivity contribution in [1.29, 1.82) is 0 Å². The molecule has 12 nitrogen and oxygen atoms in total. The highest BCUT2D eigenvalue weighted by Gasteiger charge is 2.26. The summed E-state index contributed by atoms with van der Waals surface area (Å²) < 4.78 is 0. The molecule has 0 aliphatic heterocycles. The summed E-state index contributed by atoms with van der Waals surface area (Å²) in [5, 5.41) is 35.5. The molecule has 3 rings (SSSR count). The van der Waals surface area contributed by atoms with E-state index in [4.69, 9.17) is 15.9 Å². The van der Waals surface area contributed by atoms with E-state index in [1.165, 1.54) is 12.1 Å². The topological polar surface area (TPSA) is 207 Å². The zero-order chi connectivity index (χ0) is 26.9. The maximum absolute atomic E-state index is 12.9. The van der Waals surface area contributed by atoms with Gasteiger partial charge < -0.3 is 42.0 Å². The number of carboxylic acid groups (broad SMARTS) is 1. The summed E-state index contributed by atoms with van der Waals surface area (Å²) in [5.74, 6) is -3.51. The smallest absolute Gasteiger partial charge is 0.328 e. The molecule has 0 aliphatic rings. The first-order chi connectivity index (χ1) is 17.7. The van der Waals surface area contributed by atoms with Crippen molar-refractivity contribution in [2.75, 3.05) is 13.2 Å². The number of carbonyl (C=O) groups is 4. The van der Waals surface area contributed by atoms with Gasteiger partial charge >= 0.3 is 5.97 Å². The number of aromatic amines is 1. The van der Waals surface area contributed by atoms with Gasteiger partial charge in [-0.15, -0.1) is 0 Å². The normalized spacial score (nSPS) is 13.4. The SMILES string of the molecule is NC(Cc1c[nH]c2ccccc12)C(=O)NC(Cc1ccc(O)cc1)C(=O)NCC(=O)NC(CO)C(=O)O. The van der Waals surface area contributed by atoms with Crippen molar-refractivity contribution in [3.05, 3.63) is 65.9 Å². The quantitative estimate of drug-likeness (QED) is 0.153. The molecule has 3 aromatic rings. The lowest BCUT2D eigenvalue weighted by molar-refractivity contribution is -0.142. The van der Waals surface area contributed by atoms with Crippen LogP contribution in [-0.2, 0) is 32.0 Å². The third-order valence-electron chi connectivity index (χ3n) is 5.70. The molecule has 1 aromatic heterocycles. The molecule has 0 aliphatic carbocycles. The van der Waals surface area contributed by atoms with Gasteiger partial charge in [0.05, 0.1) is 19.2 Å². The average molecular weight is 512 g/mol. The number of rotatable bonds is 12. The van der Waals surface area contributed by atoms with Gasteiger partial charge in [-0.2, -0.15) is 0 Å². The average Bonchev–Trinajstić information content (AvgIpc) is 3.29. The Kier molecular flexibility index (Phi) is 9.19. The molecule has 0 spiro atoms. The Hall–Kier alpha value is -4.42. The Balaban J connectivity index is 1.67. The van der Waals surface area contributed by atoms with Crippen LogP contribution in [0.25, 0.3) is 10.9 Å². The van der Waals surface area contributed by atoms with Crippen LogP contribution in [0.5, 0.6) is 5.75 Å². The number of aliphatic carboxylic acids is 1. The van der Waals surface area contributed by atoms with Crippen LogP contribution in [0.4, 0.5) is 0 Å². The highest BCUT2D eigenvalue weighted by atomic mass is 16.4. The van der Waals surface area contributed by atoms with Crippen molar-refractivity contribution in [2.45, 2.75) is 31.0 Å². The van der Waals surface area contributed by atoms with Gasteiger partial charge in [0.25, 0.3) is 0 Å². The number of phenols is 1. The first kappa shape index (κ1) is 27.2. The van der Waals surface area contributed by atoms with Crippen LogP contribution in [0.2, 0.25) is 0 Å². The molecule has 0 saturated carbocycles. The number of carbonyl (C=O) groups excluding carboxylic acids is 3. The van der Waals surface area contributed by atoms with Crippen LogP contribution in [0.3, 0.4) is 0 Å². The molecule has 0 radical (unpaired) electrons. The lowest BCUT2D eigenvalue weighted by atomic mass is 10.0. The van der Waals surface area contributed by atoms with E-state index < -0.39 is 55.0 Å². The molecule has 196 valence electrons. The monoisotopic (exact) mass is 511 g/mol. The minimum atomic E-state index is -1.51. The zero-order valence-electron chi connectivity index (χ0n) is 19.8. The van der Waals surface area contributed by atoms with Crippen LogP contribution in [0.1, 0.15) is 11.1 Å². The fraction of sp³-hybridized carbons (Fsp3) is 0.280. The van der Waals surface area contributed by atoms with Crippen LogP contribution >= 0.6 is 0 Å². The molecule has 9 N–H and O–H groups in total. The first-order valence-electron chi connectivity index (χ1n) is 11.5. The van der Waals surface area contributed by atoms with Gasteiger partial charge in [-0.1, -0.05) is 30.3 Å². The third kappa shape index (κ3) is 7.53. The molecular weight excluding hydrogens is 482 g/mol. The number of fused-ring (bicyclic) bond motifs is 1. The molecule has 3 unspecified atom stereocenters. The van der Waals surface area contributed by atoms with Crippen molar-refractivity contribution < 1.29 is 34.5 Å². The fourth-order valence-electron chi connectivity index (χ4n) is 3.71. The van der Waals surface area contributed by atoms with E-state index in [0.717, 1.165) is 16.5 Å². The lowest BCUT2D eigenvalue weighted by Gasteiger charge is -2.21. The predicted octanol–water partition coefficient (Wildman–Crippen LogP) is -0.851. The Morgan fingerprint density at radius 1 is 0.919 bits per heavy atom. The van der Waals surface area contributed by atoms with E-state index in [9.17, 15) is 24.3 Å². The Labute approximate surface area is 211 Å². The van der Waals surface area contributed by atoms with Crippen molar-refractivity contribution in [3.63, 3.8) is 0 Å². The zero-order valence-corrected chi connectivity index (χ0v) is 19.8. The van der Waals surface area contributed by atoms with Crippen molar-refractivity contribution >= 4 is 34.6 Å². The molecule has 0 fully saturated rings. The molecular formula is C25H29N5O7. The van der Waals surface area contributed by atoms with Gasteiger partial charge in [0, 0.05) is 23.5 Å². The fourth-order valence-corrected chi connectivity index (χ4v) is 3.71. The number of aromatic hydroxyl groups is 1. The molecule has 12 heteroatoms. The number of aliphatic hydroxyl groups is 1. The molecule has 3 amide bonds. The van der Waals surface area contributed by atoms with Crippen LogP contribution < -0.4 is 21.7 Å². The number of phenolic OH excluding ortho intramolecular Hbond substituents is 1. The number of amides is 3. The van der Waals surface area contributed by atoms with E-state index in [0.29, 0.717) is 5.56 Å². The van der Waals surface area contributed by atoms with Gasteiger partial charge in [-0.05, 0) is 35.7 Å². The van der Waals surface area contributed by atoms with E-state index in [2.05, 4.69) is 20.9 Å². The first-order valence-corrected chi connectivity index (χ1v) is 11.5. The molecule has 0 saturated heterocycles. The summed E-state index contributed by atoms with van der Waals surface area (Å²) in [7, 11) is 0. The summed E-state index contributed by atoms with van der Waals surface area (Å²) in [4.78, 5) is 51.9. The molecule has 0 bridgehead atoms. The molecule has 1 heterocycles. The number of hydrogen-bond acceptors (Lipinski definition) is 7. The largest absolute Gasteiger partial charge is 0.508 e. The number of aromatic nitrogens is 1. The van der Waals surface area contributed by atoms with E-state index in [1.807, 2.05) is 24.3 Å². The Bertz CT molecular complexity index is 1260. The van der Waals surface area contributed by atoms with Crippen LogP contribution in [0, 0.1) is 0 Å². The van der Waals surface area contributed by atoms with Crippen molar-refractivity contribution in [2.24, 2.45) is 5.73 Å². The molecule has 3 atom stereocenters. The number of carboxylic acids is 1. The highest BCUT2D eigenvalue weighted by molar-refractivity contribution is 5.93. The van der Waals surface area contributed by atoms with Crippen molar-refractivity contribution in [1.82, 2.24) is 20.9 Å². The second-order valence-electron chi connectivity index (χ2n) is 8.46. The number of benzene rings is 2. The van der Waals surface area contributed by atoms with E-state index >= 15 is 0 Å². The molecule has 2 aromatic carbocycles. The van der Waals surface area contributed by atoms with Crippen LogP contribution in [0.15, 0.2) is 54.7 Å². The minimum absolute atomic E-state index is 0.0306. The number of nitrogens with two attached hydrogens (primary N) is 1. The van der Waals surface area contributed by atoms with Gasteiger partial charge in [0.15, 0.2) is 0 Å². The highest BCUT2D eigenvalue weighted by Crippen LogP contribution is 2.19. The number of H-pyrrole nitrogens is 1. The van der Waals surface area contributed by atoms with Gasteiger partial charge in [-0.3, -0.25) is 14.4 Å². The predicted molar refractivity (Wildman–Crippen MR) is 133 cm³/mol. The van der Waals surface area contributed by atoms with Crippen LogP contribution in [-0.4, -0.2) is 75.3 Å². The Morgan fingerprint density at radius 3 is 2.30 bits per heavy atom. The number of aliphatic hydroxyl groups excluding tert-OH is 1. The summed E-state index contributed by atoms with van der Waals surface area (Å²) >= 11 is 0. The molecule has 37 heavy (non-hydrogen) atoms. The Morgan fingerprint density at radius 2 is 1.62 bits per heavy atom. The summed E-state index contributed by atoms with van der Waals surface area (Å²) in [6.45, 7) is -1.39. The number of hydrogen-bond donors (Lipinski definition) is 8. The van der Waals surface area contributed by atoms with Crippen molar-refractivity contribution in [3.8, 4) is 5.75 Å². The maximum Gasteiger partial charge on any atom is 0.328 e. The summed E-state index contributed by atoms with van der Waals surface area (Å²) in [6, 6.07) is 9.99. The number of para-hydroxylation sites is 1. The van der Waals surface area contributed by atoms with Gasteiger partial charge in [-0.25, -0.2) is 4.79 Å².